The van der Waals surface area contributed by atoms with Crippen LogP contribution in [0.2, 0.25) is 10.0 Å². The second-order valence-electron chi connectivity index (χ2n) is 5.28. The molecular weight excluding hydrogens is 502 g/mol. The number of anilines is 1. The van der Waals surface area contributed by atoms with Crippen molar-refractivity contribution in [1.29, 1.82) is 0 Å². The normalized spacial score (nSPS) is 11.2. The second kappa shape index (κ2) is 9.78. The molecule has 0 aromatic heterocycles. The topological polar surface area (TPSA) is 76.7 Å². The highest BCUT2D eigenvalue weighted by atomic mass is 35.5. The number of hydrogen-bond donors (Lipinski definition) is 2. The van der Waals surface area contributed by atoms with E-state index in [2.05, 4.69) is 9.57 Å². The highest BCUT2D eigenvalue weighted by molar-refractivity contribution is 6.45. The molecular formula is C16H8Cl4F4N2O4. The van der Waals surface area contributed by atoms with Gasteiger partial charge in [-0.05, 0) is 24.3 Å². The molecule has 14 heteroatoms. The lowest BCUT2D eigenvalue weighted by Crippen LogP contribution is -2.33. The second-order valence-corrected chi connectivity index (χ2v) is 7.19. The van der Waals surface area contributed by atoms with Gasteiger partial charge in [-0.25, -0.2) is 19.1 Å². The molecule has 2 amide bonds. The number of amides is 2. The zero-order valence-electron chi connectivity index (χ0n) is 14.1. The number of halogens is 8. The van der Waals surface area contributed by atoms with Crippen LogP contribution in [0, 0.1) is 11.6 Å². The van der Waals surface area contributed by atoms with Gasteiger partial charge in [0, 0.05) is 0 Å². The quantitative estimate of drug-likeness (QED) is 0.286. The Kier molecular flexibility index (Phi) is 7.87. The van der Waals surface area contributed by atoms with E-state index in [1.807, 2.05) is 5.48 Å². The molecule has 0 unspecified atom stereocenters. The van der Waals surface area contributed by atoms with E-state index in [0.717, 1.165) is 30.3 Å². The minimum Gasteiger partial charge on any atom is -0.427 e. The Labute approximate surface area is 185 Å². The molecule has 0 heterocycles. The summed E-state index contributed by atoms with van der Waals surface area (Å²) in [6, 6.07) is 4.60. The Balaban J connectivity index is 2.04. The molecule has 162 valence electrons. The third-order valence-corrected chi connectivity index (χ3v) is 4.23. The van der Waals surface area contributed by atoms with Crippen molar-refractivity contribution in [1.82, 2.24) is 5.32 Å². The van der Waals surface area contributed by atoms with E-state index in [0.29, 0.717) is 0 Å². The van der Waals surface area contributed by atoms with Gasteiger partial charge < -0.3 is 9.57 Å². The van der Waals surface area contributed by atoms with Crippen molar-refractivity contribution in [3.05, 3.63) is 57.6 Å². The average Bonchev–Trinajstić information content (AvgIpc) is 2.62. The Morgan fingerprint density at radius 1 is 1.03 bits per heavy atom. The van der Waals surface area contributed by atoms with Crippen molar-refractivity contribution in [3.63, 3.8) is 0 Å². The smallest absolute Gasteiger partial charge is 0.427 e. The highest BCUT2D eigenvalue weighted by Gasteiger charge is 2.41. The average molecular weight is 510 g/mol. The Hall–Kier alpha value is -2.14. The van der Waals surface area contributed by atoms with Gasteiger partial charge in [0.25, 0.3) is 5.91 Å². The van der Waals surface area contributed by atoms with Crippen LogP contribution in [0.25, 0.3) is 0 Å². The number of nitrogens with one attached hydrogen (secondary N) is 2. The van der Waals surface area contributed by atoms with E-state index in [-0.39, 0.29) is 5.69 Å². The van der Waals surface area contributed by atoms with Crippen LogP contribution in [-0.4, -0.2) is 22.9 Å². The molecule has 30 heavy (non-hydrogen) atoms. The largest absolute Gasteiger partial charge is 0.438 e. The zero-order valence-corrected chi connectivity index (χ0v) is 17.1. The van der Waals surface area contributed by atoms with E-state index in [1.54, 1.807) is 5.32 Å². The molecule has 2 aromatic carbocycles. The van der Waals surface area contributed by atoms with Gasteiger partial charge in [-0.2, -0.15) is 8.78 Å². The molecule has 0 fully saturated rings. The van der Waals surface area contributed by atoms with Crippen LogP contribution >= 0.6 is 46.4 Å². The first-order valence-electron chi connectivity index (χ1n) is 7.48. The van der Waals surface area contributed by atoms with Crippen LogP contribution in [0.1, 0.15) is 10.4 Å². The number of carbonyl (C=O) groups excluding carboxylic acids is 2. The van der Waals surface area contributed by atoms with Crippen LogP contribution in [0.5, 0.6) is 5.75 Å². The van der Waals surface area contributed by atoms with Crippen molar-refractivity contribution in [2.24, 2.45) is 0 Å². The van der Waals surface area contributed by atoms with Gasteiger partial charge in [-0.1, -0.05) is 52.5 Å². The number of carbonyl (C=O) groups is 2. The van der Waals surface area contributed by atoms with Gasteiger partial charge >= 0.3 is 12.2 Å². The zero-order chi connectivity index (χ0) is 22.6. The van der Waals surface area contributed by atoms with Crippen molar-refractivity contribution < 1.29 is 36.7 Å². The first-order chi connectivity index (χ1) is 13.9. The standard InChI is InChI=1S/C16H8Cl4F4N2O4/c17-7-4-6(5-8(18)12(7)29-16(23,24)14(19)20)26-30-15(28)25-13(27)11-9(21)2-1-3-10(11)22/h1-5,14,26H,(H,25,27,28). The van der Waals surface area contributed by atoms with E-state index >= 15 is 0 Å². The molecule has 0 saturated carbocycles. The molecule has 2 N–H and O–H groups in total. The molecule has 2 rings (SSSR count). The predicted molar refractivity (Wildman–Crippen MR) is 101 cm³/mol. The molecule has 0 radical (unpaired) electrons. The number of alkyl halides is 4. The SMILES string of the molecule is O=C(NC(=O)c1c(F)cccc1F)ONc1cc(Cl)c(OC(F)(F)C(Cl)Cl)c(Cl)c1. The summed E-state index contributed by atoms with van der Waals surface area (Å²) in [5.74, 6) is -4.46. The van der Waals surface area contributed by atoms with Crippen molar-refractivity contribution in [2.75, 3.05) is 5.48 Å². The first kappa shape index (κ1) is 24.1. The molecule has 0 aliphatic heterocycles. The lowest BCUT2D eigenvalue weighted by molar-refractivity contribution is -0.163. The van der Waals surface area contributed by atoms with Crippen molar-refractivity contribution in [2.45, 2.75) is 10.9 Å². The van der Waals surface area contributed by atoms with Gasteiger partial charge in [0.2, 0.25) is 4.84 Å². The summed E-state index contributed by atoms with van der Waals surface area (Å²) in [4.78, 5) is 25.7. The minimum absolute atomic E-state index is 0.131. The Bertz CT molecular complexity index is 935. The van der Waals surface area contributed by atoms with E-state index < -0.39 is 55.9 Å². The molecule has 0 aliphatic rings. The van der Waals surface area contributed by atoms with Crippen molar-refractivity contribution in [3.8, 4) is 5.75 Å². The minimum atomic E-state index is -4.01. The lowest BCUT2D eigenvalue weighted by Gasteiger charge is -2.20. The maximum absolute atomic E-state index is 13.5. The molecule has 6 nitrogen and oxygen atoms in total. The maximum Gasteiger partial charge on any atom is 0.438 e. The monoisotopic (exact) mass is 508 g/mol. The molecule has 0 aliphatic carbocycles. The first-order valence-corrected chi connectivity index (χ1v) is 9.11. The third-order valence-electron chi connectivity index (χ3n) is 3.16. The number of ether oxygens (including phenoxy) is 1. The highest BCUT2D eigenvalue weighted by Crippen LogP contribution is 2.40. The summed E-state index contributed by atoms with van der Waals surface area (Å²) in [5, 5.41) is 0.695. The van der Waals surface area contributed by atoms with Crippen LogP contribution in [0.4, 0.5) is 28.0 Å². The molecule has 0 saturated heterocycles. The van der Waals surface area contributed by atoms with Crippen LogP contribution in [-0.2, 0) is 4.84 Å². The van der Waals surface area contributed by atoms with E-state index in [9.17, 15) is 27.2 Å². The molecule has 2 aromatic rings. The van der Waals surface area contributed by atoms with Gasteiger partial charge in [0.1, 0.15) is 17.2 Å². The van der Waals surface area contributed by atoms with Crippen molar-refractivity contribution >= 4 is 64.1 Å². The summed E-state index contributed by atoms with van der Waals surface area (Å²) in [6.45, 7) is 0. The fourth-order valence-corrected chi connectivity index (χ4v) is 2.55. The fraction of sp³-hybridized carbons (Fsp3) is 0.125. The summed E-state index contributed by atoms with van der Waals surface area (Å²) >= 11 is 21.8. The Morgan fingerprint density at radius 2 is 1.57 bits per heavy atom. The molecule has 0 bridgehead atoms. The summed E-state index contributed by atoms with van der Waals surface area (Å²) in [7, 11) is 0. The number of benzene rings is 2. The Morgan fingerprint density at radius 3 is 2.07 bits per heavy atom. The summed E-state index contributed by atoms with van der Waals surface area (Å²) < 4.78 is 58.3. The van der Waals surface area contributed by atoms with E-state index in [4.69, 9.17) is 46.4 Å². The number of rotatable bonds is 6. The van der Waals surface area contributed by atoms with Crippen LogP contribution in [0.3, 0.4) is 0 Å². The lowest BCUT2D eigenvalue weighted by atomic mass is 10.2. The number of imide groups is 1. The van der Waals surface area contributed by atoms with Gasteiger partial charge in [0.15, 0.2) is 5.75 Å². The fourth-order valence-electron chi connectivity index (χ4n) is 1.90. The van der Waals surface area contributed by atoms with Crippen LogP contribution < -0.4 is 15.5 Å². The van der Waals surface area contributed by atoms with Gasteiger partial charge in [0.05, 0.1) is 15.7 Å². The summed E-state index contributed by atoms with van der Waals surface area (Å²) in [6.07, 6.45) is -5.46. The van der Waals surface area contributed by atoms with Gasteiger partial charge in [-0.3, -0.25) is 10.1 Å². The maximum atomic E-state index is 13.5. The molecule has 0 atom stereocenters. The summed E-state index contributed by atoms with van der Waals surface area (Å²) in [5.41, 5.74) is 0.878. The number of hydrogen-bond acceptors (Lipinski definition) is 5. The van der Waals surface area contributed by atoms with Gasteiger partial charge in [-0.15, -0.1) is 0 Å². The van der Waals surface area contributed by atoms with Crippen LogP contribution in [0.15, 0.2) is 30.3 Å². The predicted octanol–water partition coefficient (Wildman–Crippen LogP) is 5.94. The molecule has 0 spiro atoms. The third kappa shape index (κ3) is 5.94. The van der Waals surface area contributed by atoms with E-state index in [1.165, 1.54) is 0 Å².